The number of rotatable bonds is 5. The Hall–Kier alpha value is -3.15. The summed E-state index contributed by atoms with van der Waals surface area (Å²) in [4.78, 5) is 36.5. The van der Waals surface area contributed by atoms with E-state index in [1.54, 1.807) is 12.1 Å². The fourth-order valence-corrected chi connectivity index (χ4v) is 2.63. The van der Waals surface area contributed by atoms with Crippen molar-refractivity contribution in [1.29, 1.82) is 0 Å². The molecule has 2 aromatic carbocycles. The van der Waals surface area contributed by atoms with Crippen LogP contribution in [-0.4, -0.2) is 28.7 Å². The molecule has 0 aliphatic carbocycles. The maximum Gasteiger partial charge on any atom is 0.252 e. The third kappa shape index (κ3) is 3.27. The van der Waals surface area contributed by atoms with Crippen LogP contribution in [0.5, 0.6) is 0 Å². The van der Waals surface area contributed by atoms with Crippen molar-refractivity contribution in [3.05, 3.63) is 65.7 Å². The zero-order valence-electron chi connectivity index (χ0n) is 12.8. The molecule has 1 heterocycles. The molecule has 0 spiro atoms. The van der Waals surface area contributed by atoms with Crippen LogP contribution < -0.4 is 10.4 Å². The van der Waals surface area contributed by atoms with Crippen LogP contribution in [0.1, 0.15) is 22.3 Å². The number of imide groups is 1. The average Bonchev–Trinajstić information content (AvgIpc) is 2.84. The molecule has 1 saturated heterocycles. The van der Waals surface area contributed by atoms with E-state index in [4.69, 9.17) is 0 Å². The highest BCUT2D eigenvalue weighted by molar-refractivity contribution is 6.06. The lowest BCUT2D eigenvalue weighted by Gasteiger charge is -2.16. The van der Waals surface area contributed by atoms with E-state index >= 15 is 0 Å². The van der Waals surface area contributed by atoms with Gasteiger partial charge in [-0.05, 0) is 23.3 Å². The minimum atomic E-state index is -1.26. The van der Waals surface area contributed by atoms with Gasteiger partial charge in [-0.15, -0.1) is 0 Å². The van der Waals surface area contributed by atoms with Gasteiger partial charge in [-0.2, -0.15) is 0 Å². The van der Waals surface area contributed by atoms with Crippen LogP contribution in [0.15, 0.2) is 54.6 Å². The molecule has 1 fully saturated rings. The first-order valence-corrected chi connectivity index (χ1v) is 7.50. The van der Waals surface area contributed by atoms with Crippen molar-refractivity contribution in [2.24, 2.45) is 0 Å². The van der Waals surface area contributed by atoms with Crippen molar-refractivity contribution in [2.45, 2.75) is 19.0 Å². The predicted octanol–water partition coefficient (Wildman–Crippen LogP) is 0.790. The van der Waals surface area contributed by atoms with Gasteiger partial charge in [-0.3, -0.25) is 14.5 Å². The molecule has 0 bridgehead atoms. The number of aromatic carboxylic acids is 1. The summed E-state index contributed by atoms with van der Waals surface area (Å²) in [6.45, 7) is 0.250. The Bertz CT molecular complexity index is 771. The summed E-state index contributed by atoms with van der Waals surface area (Å²) in [6.07, 6.45) is 0.0773. The Labute approximate surface area is 138 Å². The van der Waals surface area contributed by atoms with Crippen LogP contribution in [0, 0.1) is 0 Å². The molecule has 1 aliphatic heterocycles. The molecule has 0 radical (unpaired) electrons. The van der Waals surface area contributed by atoms with Crippen molar-refractivity contribution in [2.75, 3.05) is 5.32 Å². The Balaban J connectivity index is 1.68. The van der Waals surface area contributed by atoms with E-state index in [1.165, 1.54) is 17.0 Å². The summed E-state index contributed by atoms with van der Waals surface area (Å²) < 4.78 is 0. The maximum absolute atomic E-state index is 12.4. The van der Waals surface area contributed by atoms with E-state index in [0.717, 1.165) is 5.56 Å². The molecular weight excluding hydrogens is 308 g/mol. The Morgan fingerprint density at radius 2 is 1.75 bits per heavy atom. The number of nitrogens with zero attached hydrogens (tertiary/aromatic N) is 1. The van der Waals surface area contributed by atoms with Crippen molar-refractivity contribution < 1.29 is 19.5 Å². The molecule has 2 amide bonds. The fraction of sp³-hybridized carbons (Fsp3) is 0.167. The van der Waals surface area contributed by atoms with E-state index in [9.17, 15) is 19.5 Å². The molecule has 2 aromatic rings. The van der Waals surface area contributed by atoms with Crippen LogP contribution in [0.4, 0.5) is 5.69 Å². The monoisotopic (exact) mass is 323 g/mol. The zero-order chi connectivity index (χ0) is 17.1. The van der Waals surface area contributed by atoms with Crippen molar-refractivity contribution >= 4 is 23.5 Å². The lowest BCUT2D eigenvalue weighted by Crippen LogP contribution is -2.34. The molecule has 1 aliphatic rings. The smallest absolute Gasteiger partial charge is 0.252 e. The van der Waals surface area contributed by atoms with Crippen molar-refractivity contribution in [1.82, 2.24) is 4.90 Å². The molecule has 6 nitrogen and oxygen atoms in total. The molecule has 1 N–H and O–H groups in total. The number of anilines is 1. The maximum atomic E-state index is 12.4. The number of carbonyl (C=O) groups is 3. The second kappa shape index (κ2) is 6.54. The largest absolute Gasteiger partial charge is 0.545 e. The van der Waals surface area contributed by atoms with Gasteiger partial charge in [0.05, 0.1) is 18.9 Å². The number of carbonyl (C=O) groups excluding carboxylic acids is 3. The van der Waals surface area contributed by atoms with Crippen molar-refractivity contribution in [3.8, 4) is 0 Å². The minimum Gasteiger partial charge on any atom is -0.545 e. The van der Waals surface area contributed by atoms with Gasteiger partial charge in [0.15, 0.2) is 0 Å². The summed E-state index contributed by atoms with van der Waals surface area (Å²) in [5.74, 6) is -1.77. The molecule has 0 saturated carbocycles. The van der Waals surface area contributed by atoms with Crippen LogP contribution in [0.25, 0.3) is 0 Å². The highest BCUT2D eigenvalue weighted by atomic mass is 16.4. The van der Waals surface area contributed by atoms with Gasteiger partial charge in [-0.25, -0.2) is 0 Å². The third-order valence-electron chi connectivity index (χ3n) is 3.89. The number of likely N-dealkylation sites (tertiary alicyclic amines) is 1. The number of hydrogen-bond donors (Lipinski definition) is 1. The van der Waals surface area contributed by atoms with Gasteiger partial charge >= 0.3 is 0 Å². The quantitative estimate of drug-likeness (QED) is 0.822. The van der Waals surface area contributed by atoms with Crippen LogP contribution in [0.2, 0.25) is 0 Å². The Morgan fingerprint density at radius 1 is 1.08 bits per heavy atom. The number of carboxylic acid groups (broad SMARTS) is 1. The van der Waals surface area contributed by atoms with Gasteiger partial charge in [-0.1, -0.05) is 42.5 Å². The van der Waals surface area contributed by atoms with Gasteiger partial charge in [0.2, 0.25) is 5.91 Å². The average molecular weight is 323 g/mol. The second-order valence-corrected chi connectivity index (χ2v) is 5.57. The normalized spacial score (nSPS) is 17.2. The SMILES string of the molecule is O=C([O-])c1ccc(N[C@@H]2CC(=O)N(Cc3ccccc3)C2=O)cc1. The van der Waals surface area contributed by atoms with E-state index in [-0.39, 0.29) is 30.3 Å². The van der Waals surface area contributed by atoms with Crippen LogP contribution >= 0.6 is 0 Å². The molecular formula is C18H15N2O4-. The molecule has 0 unspecified atom stereocenters. The zero-order valence-corrected chi connectivity index (χ0v) is 12.8. The summed E-state index contributed by atoms with van der Waals surface area (Å²) in [5.41, 5.74) is 1.52. The molecule has 3 rings (SSSR count). The Kier molecular flexibility index (Phi) is 4.29. The van der Waals surface area contributed by atoms with Gasteiger partial charge in [0.25, 0.3) is 5.91 Å². The Morgan fingerprint density at radius 3 is 2.38 bits per heavy atom. The molecule has 122 valence electrons. The van der Waals surface area contributed by atoms with E-state index in [0.29, 0.717) is 5.69 Å². The minimum absolute atomic E-state index is 0.0556. The van der Waals surface area contributed by atoms with E-state index < -0.39 is 12.0 Å². The second-order valence-electron chi connectivity index (χ2n) is 5.57. The summed E-state index contributed by atoms with van der Waals surface area (Å²) >= 11 is 0. The van der Waals surface area contributed by atoms with Gasteiger partial charge in [0.1, 0.15) is 6.04 Å². The first kappa shape index (κ1) is 15.7. The number of carboxylic acids is 1. The van der Waals surface area contributed by atoms with Crippen LogP contribution in [-0.2, 0) is 16.1 Å². The fourth-order valence-electron chi connectivity index (χ4n) is 2.63. The van der Waals surface area contributed by atoms with E-state index in [1.807, 2.05) is 30.3 Å². The standard InChI is InChI=1S/C18H16N2O4/c21-16-10-15(19-14-8-6-13(7-9-14)18(23)24)17(22)20(16)11-12-4-2-1-3-5-12/h1-9,15,19H,10-11H2,(H,23,24)/p-1/t15-/m1/s1. The first-order chi connectivity index (χ1) is 11.5. The highest BCUT2D eigenvalue weighted by Crippen LogP contribution is 2.20. The topological polar surface area (TPSA) is 89.5 Å². The number of hydrogen-bond acceptors (Lipinski definition) is 5. The molecule has 1 atom stereocenters. The van der Waals surface area contributed by atoms with Crippen LogP contribution in [0.3, 0.4) is 0 Å². The van der Waals surface area contributed by atoms with E-state index in [2.05, 4.69) is 5.32 Å². The highest BCUT2D eigenvalue weighted by Gasteiger charge is 2.38. The van der Waals surface area contributed by atoms with Gasteiger partial charge < -0.3 is 15.2 Å². The lowest BCUT2D eigenvalue weighted by atomic mass is 10.2. The summed E-state index contributed by atoms with van der Waals surface area (Å²) in [5, 5.41) is 13.7. The number of nitrogens with one attached hydrogen (secondary N) is 1. The van der Waals surface area contributed by atoms with Gasteiger partial charge in [0, 0.05) is 5.69 Å². The molecule has 24 heavy (non-hydrogen) atoms. The summed E-state index contributed by atoms with van der Waals surface area (Å²) in [7, 11) is 0. The van der Waals surface area contributed by atoms with Crippen molar-refractivity contribution in [3.63, 3.8) is 0 Å². The number of amides is 2. The first-order valence-electron chi connectivity index (χ1n) is 7.50. The predicted molar refractivity (Wildman–Crippen MR) is 84.8 cm³/mol. The molecule has 0 aromatic heterocycles. The number of benzene rings is 2. The third-order valence-corrected chi connectivity index (χ3v) is 3.89. The molecule has 6 heteroatoms. The lowest BCUT2D eigenvalue weighted by molar-refractivity contribution is -0.255. The summed E-state index contributed by atoms with van der Waals surface area (Å²) in [6, 6.07) is 14.5.